The first-order valence-corrected chi connectivity index (χ1v) is 9.61. The SMILES string of the molecule is CC[C@H](C)[C@H](NC(=O)COC(=O)c1ccc(C(=O)c2ccccc2)cc1)C(=O)OC. The minimum absolute atomic E-state index is 0.133. The molecule has 0 spiro atoms. The van der Waals surface area contributed by atoms with Gasteiger partial charge in [0.15, 0.2) is 12.4 Å². The third kappa shape index (κ3) is 6.01. The van der Waals surface area contributed by atoms with Crippen LogP contribution in [0.3, 0.4) is 0 Å². The van der Waals surface area contributed by atoms with Crippen LogP contribution in [-0.4, -0.2) is 43.4 Å². The van der Waals surface area contributed by atoms with E-state index in [1.165, 1.54) is 31.4 Å². The van der Waals surface area contributed by atoms with Crippen LogP contribution in [0.5, 0.6) is 0 Å². The molecule has 0 aliphatic carbocycles. The lowest BCUT2D eigenvalue weighted by Gasteiger charge is -2.21. The maximum atomic E-state index is 12.4. The van der Waals surface area contributed by atoms with Gasteiger partial charge in [0.05, 0.1) is 12.7 Å². The van der Waals surface area contributed by atoms with Crippen molar-refractivity contribution in [3.8, 4) is 0 Å². The van der Waals surface area contributed by atoms with Crippen LogP contribution in [-0.2, 0) is 19.1 Å². The fourth-order valence-corrected chi connectivity index (χ4v) is 2.74. The van der Waals surface area contributed by atoms with E-state index in [2.05, 4.69) is 5.32 Å². The molecule has 0 fully saturated rings. The Morgan fingerprint density at radius 1 is 0.900 bits per heavy atom. The van der Waals surface area contributed by atoms with E-state index in [0.717, 1.165) is 0 Å². The van der Waals surface area contributed by atoms with Crippen molar-refractivity contribution in [3.63, 3.8) is 0 Å². The van der Waals surface area contributed by atoms with E-state index in [1.807, 2.05) is 19.9 Å². The van der Waals surface area contributed by atoms with Crippen molar-refractivity contribution in [1.82, 2.24) is 5.32 Å². The predicted octanol–water partition coefficient (Wildman–Crippen LogP) is 2.78. The molecule has 0 bridgehead atoms. The molecule has 0 saturated carbocycles. The topological polar surface area (TPSA) is 98.8 Å². The summed E-state index contributed by atoms with van der Waals surface area (Å²) >= 11 is 0. The molecule has 158 valence electrons. The second kappa shape index (κ2) is 10.9. The van der Waals surface area contributed by atoms with Gasteiger partial charge < -0.3 is 14.8 Å². The minimum Gasteiger partial charge on any atom is -0.467 e. The molecule has 0 saturated heterocycles. The summed E-state index contributed by atoms with van der Waals surface area (Å²) in [5.74, 6) is -2.15. The van der Waals surface area contributed by atoms with Crippen molar-refractivity contribution >= 4 is 23.6 Å². The smallest absolute Gasteiger partial charge is 0.338 e. The van der Waals surface area contributed by atoms with Gasteiger partial charge in [0.2, 0.25) is 0 Å². The highest BCUT2D eigenvalue weighted by molar-refractivity contribution is 6.09. The fraction of sp³-hybridized carbons (Fsp3) is 0.304. The Morgan fingerprint density at radius 3 is 2.03 bits per heavy atom. The van der Waals surface area contributed by atoms with Gasteiger partial charge in [-0.2, -0.15) is 0 Å². The zero-order chi connectivity index (χ0) is 22.1. The van der Waals surface area contributed by atoms with Crippen molar-refractivity contribution in [2.75, 3.05) is 13.7 Å². The number of rotatable bonds is 9. The number of hydrogen-bond donors (Lipinski definition) is 1. The monoisotopic (exact) mass is 411 g/mol. The lowest BCUT2D eigenvalue weighted by molar-refractivity contribution is -0.147. The third-order valence-electron chi connectivity index (χ3n) is 4.74. The molecule has 0 aliphatic heterocycles. The molecule has 2 aromatic carbocycles. The second-order valence-corrected chi connectivity index (χ2v) is 6.80. The lowest BCUT2D eigenvalue weighted by atomic mass is 9.99. The quantitative estimate of drug-likeness (QED) is 0.503. The number of methoxy groups -OCH3 is 1. The van der Waals surface area contributed by atoms with Gasteiger partial charge in [-0.05, 0) is 18.1 Å². The van der Waals surface area contributed by atoms with Crippen molar-refractivity contribution in [2.24, 2.45) is 5.92 Å². The molecule has 2 aromatic rings. The maximum absolute atomic E-state index is 12.4. The van der Waals surface area contributed by atoms with Crippen LogP contribution in [0.15, 0.2) is 54.6 Å². The van der Waals surface area contributed by atoms with Gasteiger partial charge in [-0.3, -0.25) is 9.59 Å². The molecule has 0 radical (unpaired) electrons. The summed E-state index contributed by atoms with van der Waals surface area (Å²) < 4.78 is 9.72. The minimum atomic E-state index is -0.811. The van der Waals surface area contributed by atoms with E-state index in [9.17, 15) is 19.2 Å². The molecule has 2 rings (SSSR count). The number of carbonyl (C=O) groups is 4. The van der Waals surface area contributed by atoms with Gasteiger partial charge in [0.25, 0.3) is 5.91 Å². The van der Waals surface area contributed by atoms with Gasteiger partial charge in [0.1, 0.15) is 6.04 Å². The Bertz CT molecular complexity index is 892. The third-order valence-corrected chi connectivity index (χ3v) is 4.74. The fourth-order valence-electron chi connectivity index (χ4n) is 2.74. The van der Waals surface area contributed by atoms with Crippen molar-refractivity contribution in [3.05, 3.63) is 71.3 Å². The predicted molar refractivity (Wildman–Crippen MR) is 110 cm³/mol. The number of carbonyl (C=O) groups excluding carboxylic acids is 4. The number of nitrogens with one attached hydrogen (secondary N) is 1. The van der Waals surface area contributed by atoms with E-state index >= 15 is 0 Å². The maximum Gasteiger partial charge on any atom is 0.338 e. The zero-order valence-corrected chi connectivity index (χ0v) is 17.2. The molecule has 0 heterocycles. The first kappa shape index (κ1) is 22.8. The van der Waals surface area contributed by atoms with E-state index in [0.29, 0.717) is 17.5 Å². The molecule has 1 N–H and O–H groups in total. The number of hydrogen-bond acceptors (Lipinski definition) is 6. The summed E-state index contributed by atoms with van der Waals surface area (Å²) in [6, 6.07) is 14.0. The van der Waals surface area contributed by atoms with Crippen LogP contribution in [0.25, 0.3) is 0 Å². The van der Waals surface area contributed by atoms with Crippen molar-refractivity contribution in [2.45, 2.75) is 26.3 Å². The number of benzene rings is 2. The molecule has 0 aliphatic rings. The Labute approximate surface area is 175 Å². The van der Waals surface area contributed by atoms with Crippen molar-refractivity contribution < 1.29 is 28.7 Å². The number of amides is 1. The largest absolute Gasteiger partial charge is 0.467 e. The lowest BCUT2D eigenvalue weighted by Crippen LogP contribution is -2.47. The van der Waals surface area contributed by atoms with Crippen LogP contribution < -0.4 is 5.32 Å². The molecule has 7 nitrogen and oxygen atoms in total. The summed E-state index contributed by atoms with van der Waals surface area (Å²) in [5, 5.41) is 2.53. The normalized spacial score (nSPS) is 12.4. The van der Waals surface area contributed by atoms with Gasteiger partial charge in [-0.1, -0.05) is 62.7 Å². The molecule has 0 aromatic heterocycles. The molecule has 0 unspecified atom stereocenters. The Kier molecular flexibility index (Phi) is 8.29. The summed E-state index contributed by atoms with van der Waals surface area (Å²) in [5.41, 5.74) is 1.19. The average molecular weight is 411 g/mol. The summed E-state index contributed by atoms with van der Waals surface area (Å²) in [6.07, 6.45) is 0.661. The zero-order valence-electron chi connectivity index (χ0n) is 17.2. The Morgan fingerprint density at radius 2 is 1.47 bits per heavy atom. The number of esters is 2. The Hall–Kier alpha value is -3.48. The van der Waals surface area contributed by atoms with E-state index in [4.69, 9.17) is 9.47 Å². The first-order valence-electron chi connectivity index (χ1n) is 9.61. The van der Waals surface area contributed by atoms with Crippen LogP contribution in [0.4, 0.5) is 0 Å². The van der Waals surface area contributed by atoms with Crippen LogP contribution in [0.2, 0.25) is 0 Å². The van der Waals surface area contributed by atoms with Crippen LogP contribution in [0, 0.1) is 5.92 Å². The molecular weight excluding hydrogens is 386 g/mol. The molecular formula is C23H25NO6. The van der Waals surface area contributed by atoms with Crippen molar-refractivity contribution in [1.29, 1.82) is 0 Å². The first-order chi connectivity index (χ1) is 14.4. The molecule has 30 heavy (non-hydrogen) atoms. The van der Waals surface area contributed by atoms with Gasteiger partial charge >= 0.3 is 11.9 Å². The van der Waals surface area contributed by atoms with Gasteiger partial charge in [0, 0.05) is 11.1 Å². The van der Waals surface area contributed by atoms with E-state index in [-0.39, 0.29) is 17.3 Å². The van der Waals surface area contributed by atoms with E-state index < -0.39 is 30.5 Å². The summed E-state index contributed by atoms with van der Waals surface area (Å²) in [6.45, 7) is 3.17. The summed E-state index contributed by atoms with van der Waals surface area (Å²) in [7, 11) is 1.25. The van der Waals surface area contributed by atoms with Gasteiger partial charge in [-0.15, -0.1) is 0 Å². The van der Waals surface area contributed by atoms with Gasteiger partial charge in [-0.25, -0.2) is 9.59 Å². The molecule has 2 atom stereocenters. The number of ketones is 1. The highest BCUT2D eigenvalue weighted by Gasteiger charge is 2.27. The Balaban J connectivity index is 1.93. The highest BCUT2D eigenvalue weighted by atomic mass is 16.5. The second-order valence-electron chi connectivity index (χ2n) is 6.80. The van der Waals surface area contributed by atoms with E-state index in [1.54, 1.807) is 24.3 Å². The van der Waals surface area contributed by atoms with Crippen LogP contribution >= 0.6 is 0 Å². The highest BCUT2D eigenvalue weighted by Crippen LogP contribution is 2.12. The van der Waals surface area contributed by atoms with Crippen LogP contribution in [0.1, 0.15) is 46.5 Å². The standard InChI is InChI=1S/C23H25NO6/c1-4-15(2)20(23(28)29-3)24-19(25)14-30-22(27)18-12-10-17(11-13-18)21(26)16-8-6-5-7-9-16/h5-13,15,20H,4,14H2,1-3H3,(H,24,25)/t15-,20-/m0/s1. The number of ether oxygens (including phenoxy) is 2. The molecule has 7 heteroatoms. The average Bonchev–Trinajstić information content (AvgIpc) is 2.80. The summed E-state index contributed by atoms with van der Waals surface area (Å²) in [4.78, 5) is 48.5. The molecule has 1 amide bonds.